The predicted molar refractivity (Wildman–Crippen MR) is 120 cm³/mol. The third-order valence-electron chi connectivity index (χ3n) is 5.95. The molecule has 1 aliphatic carbocycles. The van der Waals surface area contributed by atoms with Gasteiger partial charge in [-0.2, -0.15) is 0 Å². The molecule has 10 heteroatoms. The molecule has 0 unspecified atom stereocenters. The second-order valence-electron chi connectivity index (χ2n) is 7.85. The normalized spacial score (nSPS) is 14.9. The molecule has 0 bridgehead atoms. The number of aliphatic carboxylic acids is 1. The van der Waals surface area contributed by atoms with Crippen molar-refractivity contribution < 1.29 is 28.8 Å². The number of anilines is 2. The van der Waals surface area contributed by atoms with Gasteiger partial charge >= 0.3 is 12.1 Å². The summed E-state index contributed by atoms with van der Waals surface area (Å²) in [5.41, 5.74) is 3.16. The van der Waals surface area contributed by atoms with E-state index in [2.05, 4.69) is 15.4 Å². The van der Waals surface area contributed by atoms with Crippen LogP contribution in [0.15, 0.2) is 34.9 Å². The zero-order valence-corrected chi connectivity index (χ0v) is 18.0. The van der Waals surface area contributed by atoms with Crippen molar-refractivity contribution in [2.24, 2.45) is 0 Å². The summed E-state index contributed by atoms with van der Waals surface area (Å²) >= 11 is 0. The Morgan fingerprint density at radius 2 is 1.91 bits per heavy atom. The first-order valence-electron chi connectivity index (χ1n) is 10.7. The van der Waals surface area contributed by atoms with Crippen molar-refractivity contribution in [2.75, 3.05) is 49.5 Å². The largest absolute Gasteiger partial charge is 0.480 e. The fourth-order valence-corrected chi connectivity index (χ4v) is 4.44. The van der Waals surface area contributed by atoms with Crippen LogP contribution in [0.3, 0.4) is 0 Å². The van der Waals surface area contributed by atoms with Crippen molar-refractivity contribution in [2.45, 2.75) is 6.92 Å². The average molecular weight is 450 g/mol. The fraction of sp³-hybridized carbons (Fsp3) is 0.304. The summed E-state index contributed by atoms with van der Waals surface area (Å²) in [7, 11) is 0. The fourth-order valence-electron chi connectivity index (χ4n) is 4.44. The maximum Gasteiger partial charge on any atom is 0.409 e. The van der Waals surface area contributed by atoms with Gasteiger partial charge in [-0.1, -0.05) is 29.4 Å². The number of fused-ring (bicyclic) bond motifs is 2. The average Bonchev–Trinajstić information content (AvgIpc) is 3.27. The molecular weight excluding hydrogens is 428 g/mol. The Bertz CT molecular complexity index is 1280. The van der Waals surface area contributed by atoms with Crippen molar-refractivity contribution in [3.63, 3.8) is 0 Å². The Hall–Kier alpha value is -4.08. The zero-order chi connectivity index (χ0) is 23.1. The number of ether oxygens (including phenoxy) is 1. The minimum atomic E-state index is -1.04. The number of carboxylic acids is 1. The number of carbonyl (C=O) groups excluding carboxylic acids is 2. The molecule has 2 heterocycles. The van der Waals surface area contributed by atoms with Crippen LogP contribution in [0.25, 0.3) is 22.2 Å². The van der Waals surface area contributed by atoms with Gasteiger partial charge in [-0.05, 0) is 13.0 Å². The highest BCUT2D eigenvalue weighted by Crippen LogP contribution is 2.45. The van der Waals surface area contributed by atoms with E-state index in [1.54, 1.807) is 30.0 Å². The lowest BCUT2D eigenvalue weighted by Gasteiger charge is -2.35. The number of amides is 1. The molecule has 1 amide bonds. The lowest BCUT2D eigenvalue weighted by atomic mass is 9.86. The van der Waals surface area contributed by atoms with Crippen molar-refractivity contribution in [1.82, 2.24) is 10.1 Å². The second-order valence-corrected chi connectivity index (χ2v) is 7.85. The molecule has 1 fully saturated rings. The Morgan fingerprint density at radius 3 is 2.61 bits per heavy atom. The number of aromatic nitrogens is 1. The third kappa shape index (κ3) is 3.43. The maximum absolute atomic E-state index is 13.4. The van der Waals surface area contributed by atoms with Crippen LogP contribution in [0, 0.1) is 0 Å². The highest BCUT2D eigenvalue weighted by atomic mass is 16.6. The summed E-state index contributed by atoms with van der Waals surface area (Å²) in [5, 5.41) is 17.0. The number of nitrogens with one attached hydrogen (secondary N) is 1. The number of carbonyl (C=O) groups is 3. The lowest BCUT2D eigenvalue weighted by Crippen LogP contribution is -2.49. The van der Waals surface area contributed by atoms with Crippen LogP contribution >= 0.6 is 0 Å². The van der Waals surface area contributed by atoms with Gasteiger partial charge in [-0.3, -0.25) is 9.59 Å². The van der Waals surface area contributed by atoms with Crippen LogP contribution in [0.2, 0.25) is 0 Å². The van der Waals surface area contributed by atoms with Gasteiger partial charge in [0.15, 0.2) is 11.5 Å². The van der Waals surface area contributed by atoms with Crippen LogP contribution in [0.5, 0.6) is 0 Å². The van der Waals surface area contributed by atoms with Crippen LogP contribution in [-0.4, -0.2) is 72.3 Å². The summed E-state index contributed by atoms with van der Waals surface area (Å²) < 4.78 is 10.8. The van der Waals surface area contributed by atoms with Gasteiger partial charge in [-0.15, -0.1) is 0 Å². The van der Waals surface area contributed by atoms with E-state index in [-0.39, 0.29) is 18.4 Å². The predicted octanol–water partition coefficient (Wildman–Crippen LogP) is 2.81. The Balaban J connectivity index is 1.59. The molecule has 0 radical (unpaired) electrons. The van der Waals surface area contributed by atoms with Crippen LogP contribution in [-0.2, 0) is 9.53 Å². The van der Waals surface area contributed by atoms with E-state index in [0.29, 0.717) is 77.5 Å². The molecule has 2 N–H and O–H groups in total. The molecule has 1 aliphatic heterocycles. The molecule has 5 rings (SSSR count). The van der Waals surface area contributed by atoms with Crippen molar-refractivity contribution in [3.05, 3.63) is 41.5 Å². The molecule has 0 saturated carbocycles. The minimum absolute atomic E-state index is 0.210. The highest BCUT2D eigenvalue weighted by Gasteiger charge is 2.34. The summed E-state index contributed by atoms with van der Waals surface area (Å²) in [5.74, 6) is -0.764. The lowest BCUT2D eigenvalue weighted by molar-refractivity contribution is -0.134. The molecule has 0 atom stereocenters. The topological polar surface area (TPSA) is 125 Å². The van der Waals surface area contributed by atoms with E-state index in [1.807, 2.05) is 12.1 Å². The van der Waals surface area contributed by atoms with Gasteiger partial charge in [0, 0.05) is 43.0 Å². The summed E-state index contributed by atoms with van der Waals surface area (Å²) in [4.78, 5) is 40.4. The SMILES string of the molecule is CCOC(=O)N1CCN(c2cc(NCC(=O)O)c3c4c(onc24)-c2ccccc2C3=O)CC1. The standard InChI is InChI=1S/C23H22N4O6/c1-2-32-23(31)27-9-7-26(8-10-27)16-11-15(24-12-17(28)29)18-19-20(16)25-33-22(19)14-6-4-3-5-13(14)21(18)30/h3-6,11,24H,2,7-10,12H2,1H3,(H,28,29). The Labute approximate surface area is 188 Å². The van der Waals surface area contributed by atoms with E-state index in [4.69, 9.17) is 9.26 Å². The molecular formula is C23H22N4O6. The molecule has 33 heavy (non-hydrogen) atoms. The summed E-state index contributed by atoms with van der Waals surface area (Å²) in [6.45, 7) is 3.72. The number of nitrogens with zero attached hydrogens (tertiary/aromatic N) is 3. The number of ketones is 1. The molecule has 170 valence electrons. The minimum Gasteiger partial charge on any atom is -0.480 e. The first kappa shape index (κ1) is 20.8. The molecule has 10 nitrogen and oxygen atoms in total. The number of hydrogen-bond donors (Lipinski definition) is 2. The molecule has 1 saturated heterocycles. The quantitative estimate of drug-likeness (QED) is 0.472. The van der Waals surface area contributed by atoms with Gasteiger partial charge in [0.25, 0.3) is 0 Å². The highest BCUT2D eigenvalue weighted by molar-refractivity contribution is 6.28. The van der Waals surface area contributed by atoms with E-state index in [0.717, 1.165) is 0 Å². The first-order chi connectivity index (χ1) is 16.0. The van der Waals surface area contributed by atoms with Gasteiger partial charge in [0.2, 0.25) is 0 Å². The second kappa shape index (κ2) is 8.12. The molecule has 1 aromatic heterocycles. The summed E-state index contributed by atoms with van der Waals surface area (Å²) in [6.07, 6.45) is -0.346. The monoisotopic (exact) mass is 450 g/mol. The van der Waals surface area contributed by atoms with Crippen LogP contribution in [0.4, 0.5) is 16.2 Å². The summed E-state index contributed by atoms with van der Waals surface area (Å²) in [6, 6.07) is 8.88. The maximum atomic E-state index is 13.4. The van der Waals surface area contributed by atoms with E-state index >= 15 is 0 Å². The van der Waals surface area contributed by atoms with E-state index < -0.39 is 5.97 Å². The number of rotatable bonds is 5. The first-order valence-corrected chi connectivity index (χ1v) is 10.7. The zero-order valence-electron chi connectivity index (χ0n) is 18.0. The van der Waals surface area contributed by atoms with Gasteiger partial charge < -0.3 is 29.5 Å². The molecule has 0 spiro atoms. The van der Waals surface area contributed by atoms with Crippen molar-refractivity contribution >= 4 is 40.1 Å². The van der Waals surface area contributed by atoms with Crippen molar-refractivity contribution in [1.29, 1.82) is 0 Å². The molecule has 3 aromatic rings. The number of hydrogen-bond acceptors (Lipinski definition) is 8. The smallest absolute Gasteiger partial charge is 0.409 e. The van der Waals surface area contributed by atoms with Gasteiger partial charge in [0.05, 0.1) is 23.2 Å². The third-order valence-corrected chi connectivity index (χ3v) is 5.95. The molecule has 2 aliphatic rings. The van der Waals surface area contributed by atoms with E-state index in [1.165, 1.54) is 0 Å². The van der Waals surface area contributed by atoms with Crippen molar-refractivity contribution in [3.8, 4) is 11.3 Å². The molecule has 2 aromatic carbocycles. The Kier molecular flexibility index (Phi) is 5.12. The van der Waals surface area contributed by atoms with Gasteiger partial charge in [0.1, 0.15) is 12.1 Å². The Morgan fingerprint density at radius 1 is 1.18 bits per heavy atom. The number of piperazine rings is 1. The van der Waals surface area contributed by atoms with Crippen LogP contribution < -0.4 is 10.2 Å². The van der Waals surface area contributed by atoms with Gasteiger partial charge in [-0.25, -0.2) is 4.79 Å². The number of benzene rings is 2. The number of carboxylic acid groups (broad SMARTS) is 1. The van der Waals surface area contributed by atoms with E-state index in [9.17, 15) is 19.5 Å². The van der Waals surface area contributed by atoms with Crippen LogP contribution in [0.1, 0.15) is 22.8 Å².